The molecule has 1 aliphatic rings. The van der Waals surface area contributed by atoms with Gasteiger partial charge in [0.1, 0.15) is 5.82 Å². The summed E-state index contributed by atoms with van der Waals surface area (Å²) in [4.78, 5) is 18.6. The van der Waals surface area contributed by atoms with Gasteiger partial charge in [0, 0.05) is 24.3 Å². The van der Waals surface area contributed by atoms with Crippen LogP contribution in [-0.4, -0.2) is 47.1 Å². The summed E-state index contributed by atoms with van der Waals surface area (Å²) in [5, 5.41) is 12.3. The van der Waals surface area contributed by atoms with Gasteiger partial charge >= 0.3 is 0 Å². The summed E-state index contributed by atoms with van der Waals surface area (Å²) in [6.45, 7) is 0.710. The Balaban J connectivity index is 2.29. The van der Waals surface area contributed by atoms with E-state index in [0.29, 0.717) is 17.9 Å². The second-order valence-corrected chi connectivity index (χ2v) is 5.55. The normalized spacial score (nSPS) is 19.3. The first-order valence-electron chi connectivity index (χ1n) is 6.42. The standard InChI is InChI=1S/C13H18BrN3O2/c1-15-12-11(6-9(14)7-16-12)13(19)17-5-3-2-4-10(17)8-18/h6-7,10,18H,2-5,8H2,1H3,(H,15,16). The molecule has 1 aromatic rings. The number of likely N-dealkylation sites (tertiary alicyclic amines) is 1. The number of aromatic nitrogens is 1. The van der Waals surface area contributed by atoms with Gasteiger partial charge in [0.05, 0.1) is 18.2 Å². The van der Waals surface area contributed by atoms with Crippen molar-refractivity contribution in [1.82, 2.24) is 9.88 Å². The maximum atomic E-state index is 12.6. The van der Waals surface area contributed by atoms with Crippen LogP contribution in [-0.2, 0) is 0 Å². The molecule has 5 nitrogen and oxygen atoms in total. The molecule has 1 unspecified atom stereocenters. The molecule has 1 amide bonds. The predicted octanol–water partition coefficient (Wildman–Crippen LogP) is 1.87. The Morgan fingerprint density at radius 3 is 3.11 bits per heavy atom. The van der Waals surface area contributed by atoms with Gasteiger partial charge in [-0.15, -0.1) is 0 Å². The number of nitrogens with one attached hydrogen (secondary N) is 1. The molecule has 0 aliphatic carbocycles. The van der Waals surface area contributed by atoms with Gasteiger partial charge in [-0.25, -0.2) is 4.98 Å². The van der Waals surface area contributed by atoms with Crippen molar-refractivity contribution < 1.29 is 9.90 Å². The van der Waals surface area contributed by atoms with Crippen LogP contribution >= 0.6 is 15.9 Å². The number of aliphatic hydroxyl groups excluding tert-OH is 1. The number of rotatable bonds is 3. The fourth-order valence-corrected chi connectivity index (χ4v) is 2.75. The fourth-order valence-electron chi connectivity index (χ4n) is 2.41. The van der Waals surface area contributed by atoms with E-state index in [0.717, 1.165) is 23.7 Å². The maximum Gasteiger partial charge on any atom is 0.257 e. The Bertz CT molecular complexity index is 467. The molecule has 1 aromatic heterocycles. The van der Waals surface area contributed by atoms with Crippen LogP contribution in [0, 0.1) is 0 Å². The summed E-state index contributed by atoms with van der Waals surface area (Å²) >= 11 is 3.34. The average molecular weight is 328 g/mol. The van der Waals surface area contributed by atoms with Crippen molar-refractivity contribution in [2.45, 2.75) is 25.3 Å². The first-order valence-corrected chi connectivity index (χ1v) is 7.21. The van der Waals surface area contributed by atoms with Crippen LogP contribution in [0.3, 0.4) is 0 Å². The maximum absolute atomic E-state index is 12.6. The first-order chi connectivity index (χ1) is 9.17. The number of amides is 1. The van der Waals surface area contributed by atoms with Gasteiger partial charge in [0.2, 0.25) is 0 Å². The van der Waals surface area contributed by atoms with Crippen LogP contribution in [0.2, 0.25) is 0 Å². The SMILES string of the molecule is CNc1ncc(Br)cc1C(=O)N1CCCCC1CO. The number of anilines is 1. The number of aliphatic hydroxyl groups is 1. The number of hydrogen-bond acceptors (Lipinski definition) is 4. The fraction of sp³-hybridized carbons (Fsp3) is 0.538. The van der Waals surface area contributed by atoms with Crippen molar-refractivity contribution in [1.29, 1.82) is 0 Å². The summed E-state index contributed by atoms with van der Waals surface area (Å²) in [5.41, 5.74) is 0.539. The lowest BCUT2D eigenvalue weighted by Crippen LogP contribution is -2.45. The van der Waals surface area contributed by atoms with Crippen LogP contribution < -0.4 is 5.32 Å². The zero-order valence-corrected chi connectivity index (χ0v) is 12.5. The van der Waals surface area contributed by atoms with E-state index in [1.54, 1.807) is 24.2 Å². The van der Waals surface area contributed by atoms with Crippen LogP contribution in [0.4, 0.5) is 5.82 Å². The highest BCUT2D eigenvalue weighted by atomic mass is 79.9. The van der Waals surface area contributed by atoms with E-state index in [-0.39, 0.29) is 18.6 Å². The summed E-state index contributed by atoms with van der Waals surface area (Å²) < 4.78 is 0.771. The van der Waals surface area contributed by atoms with Gasteiger partial charge in [-0.05, 0) is 41.3 Å². The van der Waals surface area contributed by atoms with E-state index in [4.69, 9.17) is 0 Å². The number of carbonyl (C=O) groups excluding carboxylic acids is 1. The predicted molar refractivity (Wildman–Crippen MR) is 77.2 cm³/mol. The molecule has 0 aromatic carbocycles. The van der Waals surface area contributed by atoms with E-state index in [9.17, 15) is 9.90 Å². The van der Waals surface area contributed by atoms with Crippen molar-refractivity contribution in [2.75, 3.05) is 25.5 Å². The van der Waals surface area contributed by atoms with Gasteiger partial charge in [-0.2, -0.15) is 0 Å². The van der Waals surface area contributed by atoms with Crippen LogP contribution in [0.15, 0.2) is 16.7 Å². The third kappa shape index (κ3) is 3.06. The van der Waals surface area contributed by atoms with E-state index in [1.807, 2.05) is 0 Å². The number of halogens is 1. The molecule has 1 fully saturated rings. The minimum Gasteiger partial charge on any atom is -0.394 e. The van der Waals surface area contributed by atoms with E-state index in [1.165, 1.54) is 0 Å². The lowest BCUT2D eigenvalue weighted by molar-refractivity contribution is 0.0503. The summed E-state index contributed by atoms with van der Waals surface area (Å²) in [6, 6.07) is 1.69. The van der Waals surface area contributed by atoms with Crippen LogP contribution in [0.25, 0.3) is 0 Å². The summed E-state index contributed by atoms with van der Waals surface area (Å²) in [6.07, 6.45) is 4.56. The Morgan fingerprint density at radius 2 is 2.42 bits per heavy atom. The molecule has 0 spiro atoms. The van der Waals surface area contributed by atoms with E-state index >= 15 is 0 Å². The Hall–Kier alpha value is -1.14. The summed E-state index contributed by atoms with van der Waals surface area (Å²) in [7, 11) is 1.74. The number of carbonyl (C=O) groups is 1. The van der Waals surface area contributed by atoms with Crippen LogP contribution in [0.5, 0.6) is 0 Å². The molecule has 2 N–H and O–H groups in total. The third-order valence-corrected chi connectivity index (χ3v) is 3.85. The molecule has 1 aliphatic heterocycles. The van der Waals surface area contributed by atoms with Crippen molar-refractivity contribution in [3.05, 3.63) is 22.3 Å². The molecule has 0 saturated carbocycles. The minimum atomic E-state index is -0.0788. The lowest BCUT2D eigenvalue weighted by atomic mass is 10.0. The monoisotopic (exact) mass is 327 g/mol. The smallest absolute Gasteiger partial charge is 0.257 e. The van der Waals surface area contributed by atoms with Gasteiger partial charge in [-0.3, -0.25) is 4.79 Å². The molecule has 19 heavy (non-hydrogen) atoms. The highest BCUT2D eigenvalue weighted by molar-refractivity contribution is 9.10. The van der Waals surface area contributed by atoms with Gasteiger partial charge in [-0.1, -0.05) is 0 Å². The number of pyridine rings is 1. The van der Waals surface area contributed by atoms with Gasteiger partial charge in [0.15, 0.2) is 0 Å². The summed E-state index contributed by atoms with van der Waals surface area (Å²) in [5.74, 6) is 0.493. The van der Waals surface area contributed by atoms with Crippen molar-refractivity contribution in [3.8, 4) is 0 Å². The lowest BCUT2D eigenvalue weighted by Gasteiger charge is -2.34. The molecule has 0 radical (unpaired) electrons. The zero-order valence-electron chi connectivity index (χ0n) is 10.9. The largest absolute Gasteiger partial charge is 0.394 e. The Kier molecular flexibility index (Phi) is 4.76. The van der Waals surface area contributed by atoms with Gasteiger partial charge < -0.3 is 15.3 Å². The molecule has 1 atom stereocenters. The highest BCUT2D eigenvalue weighted by Gasteiger charge is 2.28. The van der Waals surface area contributed by atoms with Crippen LogP contribution in [0.1, 0.15) is 29.6 Å². The Morgan fingerprint density at radius 1 is 1.63 bits per heavy atom. The molecule has 1 saturated heterocycles. The highest BCUT2D eigenvalue weighted by Crippen LogP contribution is 2.24. The molecule has 6 heteroatoms. The topological polar surface area (TPSA) is 65.5 Å². The van der Waals surface area contributed by atoms with Crippen molar-refractivity contribution in [2.24, 2.45) is 0 Å². The quantitative estimate of drug-likeness (QED) is 0.889. The number of hydrogen-bond donors (Lipinski definition) is 2. The molecule has 2 rings (SSSR count). The Labute approximate surface area is 121 Å². The molecule has 0 bridgehead atoms. The first kappa shape index (κ1) is 14.3. The average Bonchev–Trinajstić information content (AvgIpc) is 2.46. The number of piperidine rings is 1. The van der Waals surface area contributed by atoms with Gasteiger partial charge in [0.25, 0.3) is 5.91 Å². The van der Waals surface area contributed by atoms with E-state index < -0.39 is 0 Å². The van der Waals surface area contributed by atoms with E-state index in [2.05, 4.69) is 26.2 Å². The zero-order chi connectivity index (χ0) is 13.8. The molecular weight excluding hydrogens is 310 g/mol. The molecule has 2 heterocycles. The second kappa shape index (κ2) is 6.34. The minimum absolute atomic E-state index is 0.0159. The van der Waals surface area contributed by atoms with Crippen molar-refractivity contribution >= 4 is 27.7 Å². The number of nitrogens with zero attached hydrogens (tertiary/aromatic N) is 2. The van der Waals surface area contributed by atoms with Crippen molar-refractivity contribution in [3.63, 3.8) is 0 Å². The molecule has 104 valence electrons. The third-order valence-electron chi connectivity index (χ3n) is 3.42. The second-order valence-electron chi connectivity index (χ2n) is 4.63. The molecular formula is C13H18BrN3O2.